The minimum atomic E-state index is -0.268. The maximum absolute atomic E-state index is 13.0. The topological polar surface area (TPSA) is 94.7 Å². The summed E-state index contributed by atoms with van der Waals surface area (Å²) >= 11 is 0. The van der Waals surface area contributed by atoms with Crippen molar-refractivity contribution in [2.24, 2.45) is 0 Å². The monoisotopic (exact) mass is 409 g/mol. The van der Waals surface area contributed by atoms with Crippen LogP contribution in [0.4, 0.5) is 5.69 Å². The zero-order valence-electron chi connectivity index (χ0n) is 17.1. The summed E-state index contributed by atoms with van der Waals surface area (Å²) in [6.07, 6.45) is 1.62. The molecule has 2 N–H and O–H groups in total. The molecule has 0 saturated carbocycles. The number of amides is 1. The predicted molar refractivity (Wildman–Crippen MR) is 112 cm³/mol. The van der Waals surface area contributed by atoms with Gasteiger partial charge in [-0.3, -0.25) is 9.89 Å². The Morgan fingerprint density at radius 1 is 1.13 bits per heavy atom. The first kappa shape index (κ1) is 19.6. The molecule has 0 atom stereocenters. The number of hydrogen-bond donors (Lipinski definition) is 2. The molecule has 0 bridgehead atoms. The number of rotatable bonds is 7. The Morgan fingerprint density at radius 3 is 2.73 bits per heavy atom. The van der Waals surface area contributed by atoms with Gasteiger partial charge in [-0.1, -0.05) is 13.3 Å². The standard InChI is InChI=1S/C22H23N3O5/c1-4-5-16-21(23-22(26)13-6-8-18-19(10-13)30-12-29-18)20(25-24-16)15-11-14(27-2)7-9-17(15)28-3/h6-11H,4-5,12H2,1-3H3,(H,23,26)(H,24,25). The summed E-state index contributed by atoms with van der Waals surface area (Å²) in [6, 6.07) is 10.6. The third-order valence-corrected chi connectivity index (χ3v) is 4.88. The van der Waals surface area contributed by atoms with Crippen LogP contribution in [0.15, 0.2) is 36.4 Å². The Morgan fingerprint density at radius 2 is 1.97 bits per heavy atom. The fourth-order valence-corrected chi connectivity index (χ4v) is 3.36. The molecule has 1 aliphatic rings. The highest BCUT2D eigenvalue weighted by Crippen LogP contribution is 2.38. The van der Waals surface area contributed by atoms with E-state index >= 15 is 0 Å². The lowest BCUT2D eigenvalue weighted by Gasteiger charge is -2.12. The summed E-state index contributed by atoms with van der Waals surface area (Å²) in [5.74, 6) is 2.21. The van der Waals surface area contributed by atoms with E-state index in [1.165, 1.54) is 0 Å². The van der Waals surface area contributed by atoms with Gasteiger partial charge in [0.25, 0.3) is 5.91 Å². The highest BCUT2D eigenvalue weighted by molar-refractivity contribution is 6.07. The second-order valence-corrected chi connectivity index (χ2v) is 6.76. The Balaban J connectivity index is 1.72. The lowest BCUT2D eigenvalue weighted by molar-refractivity contribution is 0.102. The van der Waals surface area contributed by atoms with Crippen molar-refractivity contribution in [1.82, 2.24) is 10.2 Å². The van der Waals surface area contributed by atoms with E-state index in [9.17, 15) is 4.79 Å². The van der Waals surface area contributed by atoms with Crippen LogP contribution in [0.2, 0.25) is 0 Å². The van der Waals surface area contributed by atoms with Crippen LogP contribution in [0, 0.1) is 0 Å². The van der Waals surface area contributed by atoms with E-state index in [2.05, 4.69) is 22.4 Å². The van der Waals surface area contributed by atoms with Crippen molar-refractivity contribution >= 4 is 11.6 Å². The van der Waals surface area contributed by atoms with Crippen LogP contribution in [-0.2, 0) is 6.42 Å². The van der Waals surface area contributed by atoms with Crippen LogP contribution in [0.5, 0.6) is 23.0 Å². The number of fused-ring (bicyclic) bond motifs is 1. The molecule has 8 nitrogen and oxygen atoms in total. The number of aryl methyl sites for hydroxylation is 1. The number of methoxy groups -OCH3 is 2. The average Bonchev–Trinajstić information content (AvgIpc) is 3.40. The molecule has 156 valence electrons. The molecule has 1 aliphatic heterocycles. The molecule has 0 fully saturated rings. The van der Waals surface area contributed by atoms with Crippen LogP contribution in [-0.4, -0.2) is 37.1 Å². The van der Waals surface area contributed by atoms with Gasteiger partial charge in [-0.25, -0.2) is 0 Å². The molecule has 4 rings (SSSR count). The maximum Gasteiger partial charge on any atom is 0.255 e. The second-order valence-electron chi connectivity index (χ2n) is 6.76. The van der Waals surface area contributed by atoms with Gasteiger partial charge in [-0.05, 0) is 42.8 Å². The summed E-state index contributed by atoms with van der Waals surface area (Å²) in [5.41, 5.74) is 3.23. The molecule has 0 radical (unpaired) electrons. The van der Waals surface area contributed by atoms with Gasteiger partial charge in [0.1, 0.15) is 17.2 Å². The molecule has 1 aromatic heterocycles. The number of H-pyrrole nitrogens is 1. The summed E-state index contributed by atoms with van der Waals surface area (Å²) in [7, 11) is 3.19. The highest BCUT2D eigenvalue weighted by atomic mass is 16.7. The van der Waals surface area contributed by atoms with Gasteiger partial charge in [0.05, 0.1) is 25.6 Å². The molecule has 30 heavy (non-hydrogen) atoms. The Bertz CT molecular complexity index is 1080. The highest BCUT2D eigenvalue weighted by Gasteiger charge is 2.22. The van der Waals surface area contributed by atoms with Crippen molar-refractivity contribution in [3.05, 3.63) is 47.7 Å². The van der Waals surface area contributed by atoms with Gasteiger partial charge < -0.3 is 24.3 Å². The molecule has 2 heterocycles. The van der Waals surface area contributed by atoms with Crippen LogP contribution >= 0.6 is 0 Å². The molecular weight excluding hydrogens is 386 g/mol. The molecule has 0 spiro atoms. The van der Waals surface area contributed by atoms with E-state index < -0.39 is 0 Å². The van der Waals surface area contributed by atoms with E-state index in [1.807, 2.05) is 18.2 Å². The Kier molecular flexibility index (Phi) is 5.47. The third kappa shape index (κ3) is 3.63. The average molecular weight is 409 g/mol. The fraction of sp³-hybridized carbons (Fsp3) is 0.273. The van der Waals surface area contributed by atoms with Gasteiger partial charge in [-0.2, -0.15) is 5.10 Å². The number of nitrogens with zero attached hydrogens (tertiary/aromatic N) is 1. The predicted octanol–water partition coefficient (Wildman–Crippen LogP) is 4.03. The number of aromatic amines is 1. The molecule has 0 saturated heterocycles. The van der Waals surface area contributed by atoms with Crippen molar-refractivity contribution < 1.29 is 23.7 Å². The minimum Gasteiger partial charge on any atom is -0.497 e. The van der Waals surface area contributed by atoms with Gasteiger partial charge in [0, 0.05) is 11.1 Å². The molecular formula is C22H23N3O5. The quantitative estimate of drug-likeness (QED) is 0.612. The number of benzene rings is 2. The number of anilines is 1. The van der Waals surface area contributed by atoms with Crippen LogP contribution < -0.4 is 24.3 Å². The van der Waals surface area contributed by atoms with E-state index in [4.69, 9.17) is 18.9 Å². The summed E-state index contributed by atoms with van der Waals surface area (Å²) in [4.78, 5) is 13.0. The molecule has 0 unspecified atom stereocenters. The van der Waals surface area contributed by atoms with Crippen molar-refractivity contribution in [3.8, 4) is 34.3 Å². The minimum absolute atomic E-state index is 0.155. The van der Waals surface area contributed by atoms with Crippen molar-refractivity contribution in [2.45, 2.75) is 19.8 Å². The van der Waals surface area contributed by atoms with Crippen molar-refractivity contribution in [1.29, 1.82) is 0 Å². The van der Waals surface area contributed by atoms with Gasteiger partial charge >= 0.3 is 0 Å². The van der Waals surface area contributed by atoms with Crippen molar-refractivity contribution in [3.63, 3.8) is 0 Å². The number of carbonyl (C=O) groups excluding carboxylic acids is 1. The number of nitrogens with one attached hydrogen (secondary N) is 2. The van der Waals surface area contributed by atoms with Crippen LogP contribution in [0.25, 0.3) is 11.3 Å². The lowest BCUT2D eigenvalue weighted by Crippen LogP contribution is -2.13. The largest absolute Gasteiger partial charge is 0.497 e. The number of aromatic nitrogens is 2. The maximum atomic E-state index is 13.0. The van der Waals surface area contributed by atoms with E-state index in [0.29, 0.717) is 39.9 Å². The molecule has 3 aromatic rings. The van der Waals surface area contributed by atoms with E-state index in [0.717, 1.165) is 24.1 Å². The third-order valence-electron chi connectivity index (χ3n) is 4.88. The summed E-state index contributed by atoms with van der Waals surface area (Å²) in [6.45, 7) is 2.22. The first-order chi connectivity index (χ1) is 14.6. The summed E-state index contributed by atoms with van der Waals surface area (Å²) < 4.78 is 21.6. The molecule has 0 aliphatic carbocycles. The summed E-state index contributed by atoms with van der Waals surface area (Å²) in [5, 5.41) is 10.5. The Hall–Kier alpha value is -3.68. The first-order valence-corrected chi connectivity index (χ1v) is 9.65. The number of hydrogen-bond acceptors (Lipinski definition) is 6. The molecule has 8 heteroatoms. The lowest BCUT2D eigenvalue weighted by atomic mass is 10.1. The fourth-order valence-electron chi connectivity index (χ4n) is 3.36. The molecule has 2 aromatic carbocycles. The number of carbonyl (C=O) groups is 1. The zero-order chi connectivity index (χ0) is 21.1. The SMILES string of the molecule is CCCc1[nH]nc(-c2cc(OC)ccc2OC)c1NC(=O)c1ccc2c(c1)OCO2. The van der Waals surface area contributed by atoms with Crippen molar-refractivity contribution in [2.75, 3.05) is 26.3 Å². The van der Waals surface area contributed by atoms with Gasteiger partial charge in [0.15, 0.2) is 11.5 Å². The van der Waals surface area contributed by atoms with Gasteiger partial charge in [-0.15, -0.1) is 0 Å². The Labute approximate surface area is 174 Å². The normalized spacial score (nSPS) is 12.0. The zero-order valence-corrected chi connectivity index (χ0v) is 17.1. The van der Waals surface area contributed by atoms with Crippen LogP contribution in [0.3, 0.4) is 0 Å². The molecule has 1 amide bonds. The first-order valence-electron chi connectivity index (χ1n) is 9.65. The van der Waals surface area contributed by atoms with E-state index in [-0.39, 0.29) is 12.7 Å². The smallest absolute Gasteiger partial charge is 0.255 e. The number of ether oxygens (including phenoxy) is 4. The van der Waals surface area contributed by atoms with Crippen LogP contribution in [0.1, 0.15) is 29.4 Å². The van der Waals surface area contributed by atoms with E-state index in [1.54, 1.807) is 32.4 Å². The second kappa shape index (κ2) is 8.36. The van der Waals surface area contributed by atoms with Gasteiger partial charge in [0.2, 0.25) is 6.79 Å².